The quantitative estimate of drug-likeness (QED) is 0.0955. The van der Waals surface area contributed by atoms with E-state index in [-0.39, 0.29) is 42.0 Å². The van der Waals surface area contributed by atoms with Crippen molar-refractivity contribution in [1.82, 2.24) is 0 Å². The van der Waals surface area contributed by atoms with Gasteiger partial charge in [0.25, 0.3) is 0 Å². The first-order valence-electron chi connectivity index (χ1n) is 29.0. The van der Waals surface area contributed by atoms with Gasteiger partial charge in [-0.1, -0.05) is 145 Å². The van der Waals surface area contributed by atoms with Crippen molar-refractivity contribution in [3.63, 3.8) is 0 Å². The summed E-state index contributed by atoms with van der Waals surface area (Å²) in [6.45, 7) is 1.58. The molecule has 0 aromatic heterocycles. The van der Waals surface area contributed by atoms with Gasteiger partial charge in [-0.3, -0.25) is 9.59 Å². The molecule has 0 saturated heterocycles. The van der Waals surface area contributed by atoms with Gasteiger partial charge in [0.1, 0.15) is 5.41 Å². The fraction of sp³-hybridized carbons (Fsp3) is 0.135. The second kappa shape index (κ2) is 24.8. The fourth-order valence-corrected chi connectivity index (χ4v) is 12.3. The SMILES string of the molecule is Cc1ccc(C2=C(c3ccc(C(c4ccccc4)(c4ccc(C5=C(c6ccc(C(F)(F)F)cc6)C(=O)C(c6ccc(C(F)(F)F)cc6)=C5c5cc(C(F)(F)F)cc(C(F)(F)F)c5)cc4)C(F)(F)F)cc3)C(c3cc(C(F)(F)F)cc(C(F)(F)F)c3)=C(c3ccc(C(F)(F)F)cc3)C2=O)cc1. The molecule has 0 heterocycles. The number of ketones is 2. The van der Waals surface area contributed by atoms with Crippen molar-refractivity contribution in [3.05, 3.63) is 318 Å². The largest absolute Gasteiger partial charge is 0.416 e. The number of halogens is 24. The smallest absolute Gasteiger partial charge is 0.289 e. The van der Waals surface area contributed by atoms with Gasteiger partial charge in [-0.05, 0) is 141 Å². The summed E-state index contributed by atoms with van der Waals surface area (Å²) in [6, 6.07) is 24.4. The average Bonchev–Trinajstić information content (AvgIpc) is 1.35. The third-order valence-electron chi connectivity index (χ3n) is 16.8. The van der Waals surface area contributed by atoms with Crippen molar-refractivity contribution >= 4 is 56.2 Å². The Hall–Kier alpha value is -10.4. The summed E-state index contributed by atoms with van der Waals surface area (Å²) >= 11 is 0. The van der Waals surface area contributed by atoms with Crippen LogP contribution in [0.15, 0.2) is 212 Å². The van der Waals surface area contributed by atoms with E-state index in [9.17, 15) is 92.2 Å². The third kappa shape index (κ3) is 13.3. The van der Waals surface area contributed by atoms with E-state index < -0.39 is 206 Å². The molecule has 0 bridgehead atoms. The molecule has 100 heavy (non-hydrogen) atoms. The fourth-order valence-electron chi connectivity index (χ4n) is 12.3. The van der Waals surface area contributed by atoms with Gasteiger partial charge in [0, 0.05) is 44.6 Å². The van der Waals surface area contributed by atoms with E-state index in [1.165, 1.54) is 30.3 Å². The number of benzene rings is 9. The van der Waals surface area contributed by atoms with E-state index in [0.717, 1.165) is 84.9 Å². The van der Waals surface area contributed by atoms with Crippen LogP contribution in [0.5, 0.6) is 0 Å². The first kappa shape index (κ1) is 70.9. The Morgan fingerprint density at radius 2 is 0.400 bits per heavy atom. The number of carbonyl (C=O) groups excluding carboxylic acids is 2. The monoisotopic (exact) mass is 1410 g/mol. The van der Waals surface area contributed by atoms with E-state index in [1.807, 2.05) is 0 Å². The van der Waals surface area contributed by atoms with Gasteiger partial charge >= 0.3 is 49.4 Å². The first-order valence-corrected chi connectivity index (χ1v) is 29.0. The van der Waals surface area contributed by atoms with Crippen molar-refractivity contribution in [3.8, 4) is 0 Å². The molecule has 9 aromatic rings. The van der Waals surface area contributed by atoms with Crippen LogP contribution in [0, 0.1) is 6.92 Å². The molecule has 1 unspecified atom stereocenters. The zero-order valence-electron chi connectivity index (χ0n) is 50.1. The minimum Gasteiger partial charge on any atom is -0.289 e. The second-order valence-corrected chi connectivity index (χ2v) is 23.1. The Morgan fingerprint density at radius 3 is 0.630 bits per heavy atom. The van der Waals surface area contributed by atoms with Crippen LogP contribution in [-0.2, 0) is 58.2 Å². The van der Waals surface area contributed by atoms with Crippen molar-refractivity contribution in [2.24, 2.45) is 0 Å². The zero-order chi connectivity index (χ0) is 73.0. The lowest BCUT2D eigenvalue weighted by Crippen LogP contribution is -2.44. The number of carbonyl (C=O) groups is 2. The molecule has 2 aliphatic rings. The van der Waals surface area contributed by atoms with E-state index >= 15 is 22.8 Å². The molecule has 0 radical (unpaired) electrons. The van der Waals surface area contributed by atoms with Gasteiger partial charge in [-0.15, -0.1) is 0 Å². The highest BCUT2D eigenvalue weighted by atomic mass is 19.4. The van der Waals surface area contributed by atoms with Gasteiger partial charge < -0.3 is 0 Å². The molecule has 2 nitrogen and oxygen atoms in total. The third-order valence-corrected chi connectivity index (χ3v) is 16.8. The van der Waals surface area contributed by atoms with Crippen molar-refractivity contribution < 1.29 is 115 Å². The number of allylic oxidation sites excluding steroid dienone is 8. The lowest BCUT2D eigenvalue weighted by atomic mass is 9.68. The summed E-state index contributed by atoms with van der Waals surface area (Å²) in [7, 11) is 0. The predicted octanol–water partition coefficient (Wildman–Crippen LogP) is 23.2. The summed E-state index contributed by atoms with van der Waals surface area (Å²) < 4.78 is 355. The highest BCUT2D eigenvalue weighted by Gasteiger charge is 2.59. The summed E-state index contributed by atoms with van der Waals surface area (Å²) in [5.41, 5.74) is -27.9. The van der Waals surface area contributed by atoms with Crippen LogP contribution in [0.3, 0.4) is 0 Å². The molecule has 514 valence electrons. The van der Waals surface area contributed by atoms with E-state index in [2.05, 4.69) is 0 Å². The Kier molecular flexibility index (Phi) is 17.6. The topological polar surface area (TPSA) is 34.1 Å². The van der Waals surface area contributed by atoms with Gasteiger partial charge in [0.05, 0.1) is 38.9 Å². The van der Waals surface area contributed by atoms with Crippen LogP contribution in [0.1, 0.15) is 106 Å². The van der Waals surface area contributed by atoms with Gasteiger partial charge in [-0.25, -0.2) is 0 Å². The molecule has 1 atom stereocenters. The highest BCUT2D eigenvalue weighted by molar-refractivity contribution is 6.60. The summed E-state index contributed by atoms with van der Waals surface area (Å²) in [6.07, 6.45) is -43.1. The van der Waals surface area contributed by atoms with Gasteiger partial charge in [-0.2, -0.15) is 105 Å². The zero-order valence-corrected chi connectivity index (χ0v) is 50.1. The minimum absolute atomic E-state index is 0.0926. The van der Waals surface area contributed by atoms with Crippen molar-refractivity contribution in [1.29, 1.82) is 0 Å². The Bertz CT molecular complexity index is 4750. The molecule has 2 aliphatic carbocycles. The summed E-state index contributed by atoms with van der Waals surface area (Å²) in [4.78, 5) is 30.5. The van der Waals surface area contributed by atoms with Gasteiger partial charge in [0.2, 0.25) is 0 Å². The highest BCUT2D eigenvalue weighted by Crippen LogP contribution is 2.57. The van der Waals surface area contributed by atoms with E-state index in [1.54, 1.807) is 6.92 Å². The molecule has 0 aliphatic heterocycles. The standard InChI is InChI=1S/C74H38F24O2/c1-37-7-9-40(10-8-37)60-56(58(44-31-52(70(84,85)86)35-53(32-44)71(87,88)89)62(64(60)99)42-17-27-50(28-18-42)68(78,79)80)38-11-21-47(22-12-38)66(74(96,97)98,46-5-3-2-4-6-46)48-23-13-39(14-24-48)57-59(45-33-54(72(90,91)92)36-55(34-45)73(93,94)95)63(43-19-29-51(30-20-43)69(81,82)83)65(100)61(57)41-15-25-49(26-16-41)67(75,76)77/h2-36H,1H3. The maximum absolute atomic E-state index is 17.1. The minimum atomic E-state index is -5.62. The Labute approximate surface area is 549 Å². The van der Waals surface area contributed by atoms with Crippen LogP contribution in [0.2, 0.25) is 0 Å². The number of aryl methyl sites for hydroxylation is 1. The molecule has 0 N–H and O–H groups in total. The van der Waals surface area contributed by atoms with E-state index in [4.69, 9.17) is 0 Å². The molecular weight excluding hydrogens is 1380 g/mol. The molecular formula is C74H38F24O2. The lowest BCUT2D eigenvalue weighted by Gasteiger charge is -2.38. The maximum atomic E-state index is 17.1. The normalized spacial score (nSPS) is 15.4. The average molecular weight is 1420 g/mol. The lowest BCUT2D eigenvalue weighted by molar-refractivity contribution is -0.166. The number of hydrogen-bond acceptors (Lipinski definition) is 2. The molecule has 0 saturated carbocycles. The van der Waals surface area contributed by atoms with E-state index in [0.29, 0.717) is 66.2 Å². The molecule has 0 amide bonds. The molecule has 26 heteroatoms. The van der Waals surface area contributed by atoms with Crippen molar-refractivity contribution in [2.45, 2.75) is 61.7 Å². The van der Waals surface area contributed by atoms with Gasteiger partial charge in [0.15, 0.2) is 11.6 Å². The summed E-state index contributed by atoms with van der Waals surface area (Å²) in [5.74, 6) is -2.60. The second-order valence-electron chi connectivity index (χ2n) is 23.1. The molecule has 0 spiro atoms. The number of alkyl halides is 24. The van der Waals surface area contributed by atoms with Crippen LogP contribution in [-0.4, -0.2) is 17.7 Å². The Balaban J connectivity index is 1.18. The van der Waals surface area contributed by atoms with Crippen LogP contribution >= 0.6 is 0 Å². The van der Waals surface area contributed by atoms with Crippen molar-refractivity contribution in [2.75, 3.05) is 0 Å². The molecule has 0 fully saturated rings. The number of hydrogen-bond donors (Lipinski definition) is 0. The van der Waals surface area contributed by atoms with Crippen LogP contribution in [0.4, 0.5) is 105 Å². The Morgan fingerprint density at radius 1 is 0.200 bits per heavy atom. The maximum Gasteiger partial charge on any atom is 0.416 e. The number of rotatable bonds is 11. The summed E-state index contributed by atoms with van der Waals surface area (Å²) in [5, 5.41) is 0. The predicted molar refractivity (Wildman–Crippen MR) is 321 cm³/mol. The number of Topliss-reactive ketones (excluding diaryl/α,β-unsaturated/α-hetero) is 2. The molecule has 11 rings (SSSR count). The van der Waals surface area contributed by atoms with Crippen LogP contribution in [0.25, 0.3) is 44.6 Å². The first-order chi connectivity index (χ1) is 46.4. The van der Waals surface area contributed by atoms with Crippen LogP contribution < -0.4 is 0 Å². The molecule has 9 aromatic carbocycles.